The van der Waals surface area contributed by atoms with E-state index in [2.05, 4.69) is 13.8 Å². The number of carboxylic acid groups (broad SMARTS) is 1. The first-order valence-corrected chi connectivity index (χ1v) is 10.7. The molecule has 0 fully saturated rings. The molecule has 164 valence electrons. The number of carbonyl (C=O) groups is 1. The zero-order valence-corrected chi connectivity index (χ0v) is 18.3. The molecule has 6 heteroatoms. The van der Waals surface area contributed by atoms with Crippen molar-refractivity contribution in [3.05, 3.63) is 53.1 Å². The molecule has 2 heterocycles. The SMILES string of the molecule is CC(C)CCC1=C(C(=O)O)C(c2ccc3c(c2)OCO3)Oc2ccc(OC(C)C)cc21. The van der Waals surface area contributed by atoms with Crippen molar-refractivity contribution < 1.29 is 28.8 Å². The van der Waals surface area contributed by atoms with Crippen LogP contribution in [0.25, 0.3) is 5.57 Å². The van der Waals surface area contributed by atoms with Gasteiger partial charge in [0, 0.05) is 11.1 Å². The molecule has 0 aliphatic carbocycles. The van der Waals surface area contributed by atoms with Crippen molar-refractivity contribution in [3.63, 3.8) is 0 Å². The topological polar surface area (TPSA) is 74.2 Å². The van der Waals surface area contributed by atoms with Crippen LogP contribution in [0.4, 0.5) is 0 Å². The Morgan fingerprint density at radius 2 is 1.81 bits per heavy atom. The molecule has 0 radical (unpaired) electrons. The lowest BCUT2D eigenvalue weighted by Crippen LogP contribution is -2.23. The number of fused-ring (bicyclic) bond motifs is 2. The van der Waals surface area contributed by atoms with Crippen molar-refractivity contribution in [3.8, 4) is 23.0 Å². The molecule has 0 aromatic heterocycles. The van der Waals surface area contributed by atoms with Crippen LogP contribution in [0, 0.1) is 5.92 Å². The summed E-state index contributed by atoms with van der Waals surface area (Å²) in [5.74, 6) is 2.06. The highest BCUT2D eigenvalue weighted by atomic mass is 16.7. The minimum atomic E-state index is -0.984. The quantitative estimate of drug-likeness (QED) is 0.623. The molecule has 2 aromatic rings. The zero-order chi connectivity index (χ0) is 22.1. The normalized spacial score (nSPS) is 17.0. The minimum absolute atomic E-state index is 0.0194. The Bertz CT molecular complexity index is 1020. The van der Waals surface area contributed by atoms with E-state index in [0.29, 0.717) is 35.3 Å². The van der Waals surface area contributed by atoms with E-state index in [1.165, 1.54) is 0 Å². The molecular formula is C25H28O6. The first-order chi connectivity index (χ1) is 14.8. The fourth-order valence-electron chi connectivity index (χ4n) is 3.94. The summed E-state index contributed by atoms with van der Waals surface area (Å²) in [5.41, 5.74) is 2.55. The standard InChI is InChI=1S/C25H28O6/c1-14(2)5-8-18-19-12-17(30-15(3)4)7-10-20(19)31-24(23(18)25(26)27)16-6-9-21-22(11-16)29-13-28-21/h6-7,9-12,14-15,24H,5,8,13H2,1-4H3,(H,26,27). The highest BCUT2D eigenvalue weighted by Gasteiger charge is 2.35. The number of ether oxygens (including phenoxy) is 4. The summed E-state index contributed by atoms with van der Waals surface area (Å²) in [5, 5.41) is 10.2. The van der Waals surface area contributed by atoms with Crippen LogP contribution in [0.1, 0.15) is 57.8 Å². The Labute approximate surface area is 182 Å². The second kappa shape index (κ2) is 8.53. The number of allylic oxidation sites excluding steroid dienone is 1. The molecule has 2 aliphatic heterocycles. The Balaban J connectivity index is 1.83. The van der Waals surface area contributed by atoms with Crippen molar-refractivity contribution in [2.75, 3.05) is 6.79 Å². The van der Waals surface area contributed by atoms with E-state index < -0.39 is 12.1 Å². The van der Waals surface area contributed by atoms with Gasteiger partial charge in [-0.3, -0.25) is 0 Å². The molecule has 0 bridgehead atoms. The van der Waals surface area contributed by atoms with Crippen LogP contribution < -0.4 is 18.9 Å². The van der Waals surface area contributed by atoms with Crippen LogP contribution in [0.2, 0.25) is 0 Å². The molecule has 4 rings (SSSR count). The summed E-state index contributed by atoms with van der Waals surface area (Å²) >= 11 is 0. The summed E-state index contributed by atoms with van der Waals surface area (Å²) in [6.45, 7) is 8.35. The zero-order valence-electron chi connectivity index (χ0n) is 18.3. The molecule has 0 spiro atoms. The van der Waals surface area contributed by atoms with Crippen LogP contribution in [-0.2, 0) is 4.79 Å². The third-order valence-corrected chi connectivity index (χ3v) is 5.38. The van der Waals surface area contributed by atoms with Gasteiger partial charge in [0.05, 0.1) is 11.7 Å². The first kappa shape index (κ1) is 21.1. The number of hydrogen-bond acceptors (Lipinski definition) is 5. The van der Waals surface area contributed by atoms with Gasteiger partial charge in [-0.2, -0.15) is 0 Å². The summed E-state index contributed by atoms with van der Waals surface area (Å²) in [6, 6.07) is 11.1. The summed E-state index contributed by atoms with van der Waals surface area (Å²) < 4.78 is 23.0. The summed E-state index contributed by atoms with van der Waals surface area (Å²) in [6.07, 6.45) is 0.792. The van der Waals surface area contributed by atoms with Gasteiger partial charge in [-0.25, -0.2) is 4.79 Å². The number of aliphatic carboxylic acids is 1. The predicted molar refractivity (Wildman–Crippen MR) is 117 cm³/mol. The van der Waals surface area contributed by atoms with Gasteiger partial charge in [-0.15, -0.1) is 0 Å². The molecule has 1 atom stereocenters. The summed E-state index contributed by atoms with van der Waals surface area (Å²) in [7, 11) is 0. The fraction of sp³-hybridized carbons (Fsp3) is 0.400. The highest BCUT2D eigenvalue weighted by Crippen LogP contribution is 2.47. The molecule has 0 saturated carbocycles. The lowest BCUT2D eigenvalue weighted by atomic mass is 9.85. The first-order valence-electron chi connectivity index (χ1n) is 10.7. The smallest absolute Gasteiger partial charge is 0.336 e. The van der Waals surface area contributed by atoms with E-state index >= 15 is 0 Å². The molecule has 31 heavy (non-hydrogen) atoms. The lowest BCUT2D eigenvalue weighted by molar-refractivity contribution is -0.133. The van der Waals surface area contributed by atoms with E-state index in [9.17, 15) is 9.90 Å². The average molecular weight is 424 g/mol. The highest BCUT2D eigenvalue weighted by molar-refractivity contribution is 5.99. The molecule has 6 nitrogen and oxygen atoms in total. The second-order valence-corrected chi connectivity index (χ2v) is 8.57. The monoisotopic (exact) mass is 424 g/mol. The van der Waals surface area contributed by atoms with Crippen molar-refractivity contribution >= 4 is 11.5 Å². The van der Waals surface area contributed by atoms with Gasteiger partial charge in [-0.05, 0) is 68.5 Å². The van der Waals surface area contributed by atoms with Gasteiger partial charge >= 0.3 is 5.97 Å². The number of carboxylic acids is 1. The Morgan fingerprint density at radius 3 is 2.52 bits per heavy atom. The van der Waals surface area contributed by atoms with Gasteiger partial charge in [0.25, 0.3) is 0 Å². The van der Waals surface area contributed by atoms with E-state index in [0.717, 1.165) is 23.1 Å². The van der Waals surface area contributed by atoms with Crippen molar-refractivity contribution in [1.29, 1.82) is 0 Å². The van der Waals surface area contributed by atoms with E-state index in [1.807, 2.05) is 38.1 Å². The van der Waals surface area contributed by atoms with Gasteiger partial charge in [-0.1, -0.05) is 19.9 Å². The Morgan fingerprint density at radius 1 is 1.06 bits per heavy atom. The van der Waals surface area contributed by atoms with Gasteiger partial charge in [0.15, 0.2) is 17.6 Å². The largest absolute Gasteiger partial charge is 0.491 e. The predicted octanol–water partition coefficient (Wildman–Crippen LogP) is 5.61. The van der Waals surface area contributed by atoms with Gasteiger partial charge < -0.3 is 24.1 Å². The molecule has 1 unspecified atom stereocenters. The fourth-order valence-corrected chi connectivity index (χ4v) is 3.94. The maximum Gasteiger partial charge on any atom is 0.336 e. The van der Waals surface area contributed by atoms with Crippen molar-refractivity contribution in [2.24, 2.45) is 5.92 Å². The van der Waals surface area contributed by atoms with E-state index in [-0.39, 0.29) is 18.5 Å². The van der Waals surface area contributed by atoms with Crippen molar-refractivity contribution in [1.82, 2.24) is 0 Å². The molecule has 1 N–H and O–H groups in total. The molecule has 0 amide bonds. The van der Waals surface area contributed by atoms with Crippen LogP contribution >= 0.6 is 0 Å². The maximum absolute atomic E-state index is 12.5. The number of rotatable bonds is 7. The van der Waals surface area contributed by atoms with Crippen LogP contribution in [0.5, 0.6) is 23.0 Å². The van der Waals surface area contributed by atoms with E-state index in [1.54, 1.807) is 12.1 Å². The minimum Gasteiger partial charge on any atom is -0.491 e. The number of hydrogen-bond donors (Lipinski definition) is 1. The van der Waals surface area contributed by atoms with Gasteiger partial charge in [0.1, 0.15) is 11.5 Å². The molecule has 2 aliphatic rings. The lowest BCUT2D eigenvalue weighted by Gasteiger charge is -2.30. The van der Waals surface area contributed by atoms with E-state index in [4.69, 9.17) is 18.9 Å². The molecular weight excluding hydrogens is 396 g/mol. The second-order valence-electron chi connectivity index (χ2n) is 8.57. The van der Waals surface area contributed by atoms with Crippen LogP contribution in [0.15, 0.2) is 42.0 Å². The summed E-state index contributed by atoms with van der Waals surface area (Å²) in [4.78, 5) is 12.5. The molecule has 2 aromatic carbocycles. The molecule has 0 saturated heterocycles. The van der Waals surface area contributed by atoms with Crippen LogP contribution in [0.3, 0.4) is 0 Å². The van der Waals surface area contributed by atoms with Crippen LogP contribution in [-0.4, -0.2) is 24.0 Å². The number of benzene rings is 2. The Hall–Kier alpha value is -3.15. The third-order valence-electron chi connectivity index (χ3n) is 5.38. The maximum atomic E-state index is 12.5. The van der Waals surface area contributed by atoms with Gasteiger partial charge in [0.2, 0.25) is 6.79 Å². The van der Waals surface area contributed by atoms with Crippen molar-refractivity contribution in [2.45, 2.75) is 52.7 Å². The third kappa shape index (κ3) is 4.33. The Kier molecular flexibility index (Phi) is 5.81. The average Bonchev–Trinajstić information content (AvgIpc) is 3.18.